The van der Waals surface area contributed by atoms with Crippen LogP contribution in [0.25, 0.3) is 0 Å². The Morgan fingerprint density at radius 2 is 2.11 bits per heavy atom. The molecule has 19 heavy (non-hydrogen) atoms. The normalized spacial score (nSPS) is 11.5. The summed E-state index contributed by atoms with van der Waals surface area (Å²) in [6.07, 6.45) is 1.97. The Bertz CT molecular complexity index is 463. The molecule has 1 aromatic rings. The molecule has 0 fully saturated rings. The molecular weight excluding hydrogens is 280 g/mol. The molecular formula is C14H21ClN2OS. The third kappa shape index (κ3) is 4.41. The van der Waals surface area contributed by atoms with E-state index in [1.54, 1.807) is 29.8 Å². The van der Waals surface area contributed by atoms with Gasteiger partial charge in [0.25, 0.3) is 5.91 Å². The highest BCUT2D eigenvalue weighted by molar-refractivity contribution is 7.98. The fourth-order valence-corrected chi connectivity index (χ4v) is 2.42. The summed E-state index contributed by atoms with van der Waals surface area (Å²) >= 11 is 7.70. The number of carbonyl (C=O) groups is 1. The van der Waals surface area contributed by atoms with Crippen LogP contribution in [-0.4, -0.2) is 37.2 Å². The van der Waals surface area contributed by atoms with Crippen LogP contribution < -0.4 is 5.73 Å². The molecule has 0 aliphatic heterocycles. The fraction of sp³-hybridized carbons (Fsp3) is 0.500. The van der Waals surface area contributed by atoms with Gasteiger partial charge >= 0.3 is 0 Å². The zero-order valence-electron chi connectivity index (χ0n) is 11.9. The zero-order valence-corrected chi connectivity index (χ0v) is 13.4. The average Bonchev–Trinajstić information content (AvgIpc) is 2.38. The van der Waals surface area contributed by atoms with Crippen molar-refractivity contribution in [1.82, 2.24) is 4.90 Å². The van der Waals surface area contributed by atoms with Crippen molar-refractivity contribution in [3.63, 3.8) is 0 Å². The second-order valence-electron chi connectivity index (χ2n) is 5.38. The molecule has 0 radical (unpaired) electrons. The summed E-state index contributed by atoms with van der Waals surface area (Å²) < 4.78 is 0. The first-order valence-electron chi connectivity index (χ1n) is 6.10. The zero-order chi connectivity index (χ0) is 14.6. The smallest absolute Gasteiger partial charge is 0.255 e. The highest BCUT2D eigenvalue weighted by Gasteiger charge is 2.23. The van der Waals surface area contributed by atoms with Crippen molar-refractivity contribution in [3.8, 4) is 0 Å². The molecule has 1 rings (SSSR count). The van der Waals surface area contributed by atoms with E-state index in [4.69, 9.17) is 17.3 Å². The van der Waals surface area contributed by atoms with Gasteiger partial charge < -0.3 is 10.6 Å². The molecule has 0 heterocycles. The van der Waals surface area contributed by atoms with Crippen LogP contribution >= 0.6 is 23.4 Å². The van der Waals surface area contributed by atoms with E-state index >= 15 is 0 Å². The molecule has 0 saturated carbocycles. The van der Waals surface area contributed by atoms with E-state index in [0.29, 0.717) is 23.7 Å². The molecule has 2 N–H and O–H groups in total. The van der Waals surface area contributed by atoms with Gasteiger partial charge in [0.2, 0.25) is 0 Å². The van der Waals surface area contributed by atoms with Gasteiger partial charge in [0.15, 0.2) is 0 Å². The highest BCUT2D eigenvalue weighted by Crippen LogP contribution is 2.25. The lowest BCUT2D eigenvalue weighted by Crippen LogP contribution is -2.39. The molecule has 106 valence electrons. The van der Waals surface area contributed by atoms with E-state index in [2.05, 4.69) is 0 Å². The van der Waals surface area contributed by atoms with Crippen molar-refractivity contribution in [2.24, 2.45) is 11.1 Å². The second-order valence-corrected chi connectivity index (χ2v) is 6.66. The highest BCUT2D eigenvalue weighted by atomic mass is 35.5. The van der Waals surface area contributed by atoms with E-state index in [1.807, 2.05) is 32.2 Å². The number of hydrogen-bond acceptors (Lipinski definition) is 3. The van der Waals surface area contributed by atoms with Crippen LogP contribution in [0.5, 0.6) is 0 Å². The number of thioether (sulfide) groups is 1. The third-order valence-corrected chi connectivity index (χ3v) is 4.02. The van der Waals surface area contributed by atoms with E-state index < -0.39 is 0 Å². The molecule has 0 spiro atoms. The molecule has 0 aromatic heterocycles. The Morgan fingerprint density at radius 1 is 1.47 bits per heavy atom. The number of amides is 1. The molecule has 5 heteroatoms. The lowest BCUT2D eigenvalue weighted by Gasteiger charge is -2.29. The topological polar surface area (TPSA) is 46.3 Å². The number of nitrogens with zero attached hydrogens (tertiary/aromatic N) is 1. The van der Waals surface area contributed by atoms with Crippen molar-refractivity contribution >= 4 is 29.3 Å². The van der Waals surface area contributed by atoms with Gasteiger partial charge in [-0.15, -0.1) is 11.8 Å². The Balaban J connectivity index is 2.93. The Labute approximate surface area is 124 Å². The number of rotatable bonds is 5. The average molecular weight is 301 g/mol. The maximum Gasteiger partial charge on any atom is 0.255 e. The Hall–Kier alpha value is -0.710. The summed E-state index contributed by atoms with van der Waals surface area (Å²) in [4.78, 5) is 15.1. The van der Waals surface area contributed by atoms with Gasteiger partial charge in [0.1, 0.15) is 0 Å². The lowest BCUT2D eigenvalue weighted by molar-refractivity contribution is 0.0740. The number of hydrogen-bond donors (Lipinski definition) is 1. The van der Waals surface area contributed by atoms with Crippen molar-refractivity contribution in [2.45, 2.75) is 18.7 Å². The first kappa shape index (κ1) is 16.3. The van der Waals surface area contributed by atoms with Gasteiger partial charge in [-0.25, -0.2) is 0 Å². The molecule has 1 amide bonds. The van der Waals surface area contributed by atoms with E-state index in [1.165, 1.54) is 0 Å². The minimum Gasteiger partial charge on any atom is -0.341 e. The summed E-state index contributed by atoms with van der Waals surface area (Å²) in [7, 11) is 1.78. The quantitative estimate of drug-likeness (QED) is 0.850. The molecule has 0 aliphatic rings. The predicted molar refractivity (Wildman–Crippen MR) is 83.0 cm³/mol. The molecule has 0 unspecified atom stereocenters. The minimum absolute atomic E-state index is 0.0672. The fourth-order valence-electron chi connectivity index (χ4n) is 1.78. The maximum absolute atomic E-state index is 12.4. The Kier molecular flexibility index (Phi) is 5.71. The van der Waals surface area contributed by atoms with Crippen LogP contribution in [0.4, 0.5) is 0 Å². The van der Waals surface area contributed by atoms with Crippen LogP contribution in [-0.2, 0) is 0 Å². The van der Waals surface area contributed by atoms with Crippen LogP contribution in [0.1, 0.15) is 24.2 Å². The van der Waals surface area contributed by atoms with Gasteiger partial charge in [0, 0.05) is 18.5 Å². The van der Waals surface area contributed by atoms with E-state index in [0.717, 1.165) is 4.90 Å². The largest absolute Gasteiger partial charge is 0.341 e. The van der Waals surface area contributed by atoms with Crippen LogP contribution in [0.15, 0.2) is 23.1 Å². The predicted octanol–water partition coefficient (Wildman–Crippen LogP) is 3.12. The standard InChI is InChI=1S/C14H21ClN2OS/c1-14(2,8-16)9-17(3)13(18)11-7-10(19-4)5-6-12(11)15/h5-7H,8-9,16H2,1-4H3. The molecule has 1 aromatic carbocycles. The van der Waals surface area contributed by atoms with Crippen LogP contribution in [0, 0.1) is 5.41 Å². The van der Waals surface area contributed by atoms with Crippen LogP contribution in [0.2, 0.25) is 5.02 Å². The molecule has 0 saturated heterocycles. The van der Waals surface area contributed by atoms with Crippen molar-refractivity contribution in [1.29, 1.82) is 0 Å². The summed E-state index contributed by atoms with van der Waals surface area (Å²) in [6, 6.07) is 5.51. The third-order valence-electron chi connectivity index (χ3n) is 2.97. The van der Waals surface area contributed by atoms with E-state index in [-0.39, 0.29) is 11.3 Å². The monoisotopic (exact) mass is 300 g/mol. The van der Waals surface area contributed by atoms with E-state index in [9.17, 15) is 4.79 Å². The van der Waals surface area contributed by atoms with Crippen molar-refractivity contribution < 1.29 is 4.79 Å². The lowest BCUT2D eigenvalue weighted by atomic mass is 9.93. The minimum atomic E-state index is -0.103. The van der Waals surface area contributed by atoms with Gasteiger partial charge in [-0.2, -0.15) is 0 Å². The first-order valence-corrected chi connectivity index (χ1v) is 7.70. The molecule has 0 atom stereocenters. The SMILES string of the molecule is CSc1ccc(Cl)c(C(=O)N(C)CC(C)(C)CN)c1. The van der Waals surface area contributed by atoms with Crippen LogP contribution in [0.3, 0.4) is 0 Å². The second kappa shape index (κ2) is 6.64. The molecule has 0 aliphatic carbocycles. The number of benzene rings is 1. The molecule has 0 bridgehead atoms. The van der Waals surface area contributed by atoms with Gasteiger partial charge in [0.05, 0.1) is 10.6 Å². The number of halogens is 1. The summed E-state index contributed by atoms with van der Waals surface area (Å²) in [6.45, 7) is 5.21. The Morgan fingerprint density at radius 3 is 2.63 bits per heavy atom. The summed E-state index contributed by atoms with van der Waals surface area (Å²) in [5.74, 6) is -0.0672. The summed E-state index contributed by atoms with van der Waals surface area (Å²) in [5.41, 5.74) is 6.14. The number of nitrogens with two attached hydrogens (primary N) is 1. The summed E-state index contributed by atoms with van der Waals surface area (Å²) in [5, 5.41) is 0.486. The molecule has 3 nitrogen and oxygen atoms in total. The maximum atomic E-state index is 12.4. The van der Waals surface area contributed by atoms with Gasteiger partial charge in [-0.1, -0.05) is 25.4 Å². The van der Waals surface area contributed by atoms with Crippen molar-refractivity contribution in [2.75, 3.05) is 26.4 Å². The first-order chi connectivity index (χ1) is 8.80. The number of carbonyl (C=O) groups excluding carboxylic acids is 1. The van der Waals surface area contributed by atoms with Gasteiger partial charge in [-0.05, 0) is 36.4 Å². The van der Waals surface area contributed by atoms with Gasteiger partial charge in [-0.3, -0.25) is 4.79 Å². The van der Waals surface area contributed by atoms with Crippen molar-refractivity contribution in [3.05, 3.63) is 28.8 Å².